The highest BCUT2D eigenvalue weighted by Gasteiger charge is 2.73. The van der Waals surface area contributed by atoms with Gasteiger partial charge in [0.15, 0.2) is 11.5 Å². The van der Waals surface area contributed by atoms with E-state index < -0.39 is 29.6 Å². The third-order valence-electron chi connectivity index (χ3n) is 7.95. The molecule has 2 aliphatic carbocycles. The SMILES string of the molecule is CO[C@@]12CC[C@H](N[C@@H](CO)C(=O)O)[C@@H]3Oc4c(O)ccc5c4C31CCN(C)C2C5. The first kappa shape index (κ1) is 19.1. The topological polar surface area (TPSA) is 111 Å². The normalized spacial score (nSPS) is 38.2. The number of hydrogen-bond acceptors (Lipinski definition) is 7. The minimum Gasteiger partial charge on any atom is -0.504 e. The van der Waals surface area contributed by atoms with E-state index in [9.17, 15) is 20.1 Å². The number of likely N-dealkylation sites (tertiary alicyclic amines) is 1. The maximum absolute atomic E-state index is 11.5. The summed E-state index contributed by atoms with van der Waals surface area (Å²) in [6, 6.07) is 2.53. The Bertz CT molecular complexity index is 862. The van der Waals surface area contributed by atoms with Crippen molar-refractivity contribution in [2.45, 2.75) is 60.9 Å². The minimum absolute atomic E-state index is 0.116. The maximum Gasteiger partial charge on any atom is 0.323 e. The Morgan fingerprint density at radius 1 is 1.45 bits per heavy atom. The van der Waals surface area contributed by atoms with Crippen LogP contribution < -0.4 is 10.1 Å². The van der Waals surface area contributed by atoms with Crippen LogP contribution in [0.5, 0.6) is 11.5 Å². The van der Waals surface area contributed by atoms with Crippen molar-refractivity contribution in [2.24, 2.45) is 0 Å². The smallest absolute Gasteiger partial charge is 0.323 e. The van der Waals surface area contributed by atoms with Crippen molar-refractivity contribution in [3.8, 4) is 11.5 Å². The molecule has 6 atom stereocenters. The van der Waals surface area contributed by atoms with E-state index in [4.69, 9.17) is 9.47 Å². The predicted octanol–water partition coefficient (Wildman–Crippen LogP) is 0.234. The fourth-order valence-corrected chi connectivity index (χ4v) is 6.77. The van der Waals surface area contributed by atoms with E-state index in [0.717, 1.165) is 31.4 Å². The van der Waals surface area contributed by atoms with Crippen LogP contribution in [0.2, 0.25) is 0 Å². The summed E-state index contributed by atoms with van der Waals surface area (Å²) in [5, 5.41) is 32.7. The molecule has 2 bridgehead atoms. The largest absolute Gasteiger partial charge is 0.504 e. The van der Waals surface area contributed by atoms with Gasteiger partial charge >= 0.3 is 5.97 Å². The van der Waals surface area contributed by atoms with Gasteiger partial charge in [-0.3, -0.25) is 10.1 Å². The van der Waals surface area contributed by atoms with Crippen molar-refractivity contribution in [1.82, 2.24) is 10.2 Å². The van der Waals surface area contributed by atoms with Crippen molar-refractivity contribution in [3.05, 3.63) is 23.3 Å². The van der Waals surface area contributed by atoms with E-state index in [0.29, 0.717) is 12.2 Å². The number of carboxylic acid groups (broad SMARTS) is 1. The molecular formula is C21H28N2O6. The van der Waals surface area contributed by atoms with Gasteiger partial charge in [0, 0.05) is 24.8 Å². The highest BCUT2D eigenvalue weighted by Crippen LogP contribution is 2.66. The van der Waals surface area contributed by atoms with E-state index in [1.807, 2.05) is 6.07 Å². The molecule has 0 radical (unpaired) electrons. The summed E-state index contributed by atoms with van der Waals surface area (Å²) < 4.78 is 12.8. The molecule has 2 aliphatic heterocycles. The Kier molecular flexibility index (Phi) is 4.16. The third kappa shape index (κ3) is 2.20. The Hall–Kier alpha value is -1.87. The maximum atomic E-state index is 11.5. The second kappa shape index (κ2) is 6.31. The minimum atomic E-state index is -1.09. The van der Waals surface area contributed by atoms with Crippen LogP contribution in [0.1, 0.15) is 30.4 Å². The van der Waals surface area contributed by atoms with Gasteiger partial charge in [0.2, 0.25) is 0 Å². The van der Waals surface area contributed by atoms with Crippen molar-refractivity contribution in [2.75, 3.05) is 27.3 Å². The number of methoxy groups -OCH3 is 1. The number of benzene rings is 1. The summed E-state index contributed by atoms with van der Waals surface area (Å²) in [7, 11) is 3.89. The molecule has 29 heavy (non-hydrogen) atoms. The van der Waals surface area contributed by atoms with E-state index in [2.05, 4.69) is 17.3 Å². The van der Waals surface area contributed by atoms with Gasteiger partial charge in [-0.25, -0.2) is 0 Å². The molecule has 1 saturated heterocycles. The number of aliphatic carboxylic acids is 1. The average Bonchev–Trinajstić information content (AvgIpc) is 3.06. The lowest BCUT2D eigenvalue weighted by Crippen LogP contribution is -2.78. The van der Waals surface area contributed by atoms with Crippen molar-refractivity contribution >= 4 is 5.97 Å². The van der Waals surface area contributed by atoms with Gasteiger partial charge in [-0.15, -0.1) is 0 Å². The number of aliphatic hydroxyl groups excluding tert-OH is 1. The van der Waals surface area contributed by atoms with Crippen LogP contribution >= 0.6 is 0 Å². The predicted molar refractivity (Wildman–Crippen MR) is 103 cm³/mol. The molecule has 1 aromatic rings. The number of carboxylic acids is 1. The molecule has 158 valence electrons. The highest BCUT2D eigenvalue weighted by molar-refractivity contribution is 5.73. The fourth-order valence-electron chi connectivity index (χ4n) is 6.77. The summed E-state index contributed by atoms with van der Waals surface area (Å²) in [6.45, 7) is 0.384. The molecular weight excluding hydrogens is 376 g/mol. The summed E-state index contributed by atoms with van der Waals surface area (Å²) in [6.07, 6.45) is 2.68. The molecule has 4 aliphatic rings. The number of nitrogens with one attached hydrogen (secondary N) is 1. The molecule has 2 unspecified atom stereocenters. The van der Waals surface area contributed by atoms with Crippen molar-refractivity contribution < 1.29 is 29.6 Å². The second-order valence-electron chi connectivity index (χ2n) is 8.89. The Morgan fingerprint density at radius 2 is 2.24 bits per heavy atom. The van der Waals surface area contributed by atoms with Crippen LogP contribution in [0.4, 0.5) is 0 Å². The Morgan fingerprint density at radius 3 is 2.93 bits per heavy atom. The van der Waals surface area contributed by atoms with Gasteiger partial charge in [0.25, 0.3) is 0 Å². The number of carbonyl (C=O) groups is 1. The third-order valence-corrected chi connectivity index (χ3v) is 7.95. The number of aliphatic hydroxyl groups is 1. The molecule has 4 N–H and O–H groups in total. The number of phenols is 1. The van der Waals surface area contributed by atoms with Gasteiger partial charge in [-0.1, -0.05) is 6.07 Å². The molecule has 5 rings (SSSR count). The Labute approximate surface area is 169 Å². The molecule has 2 heterocycles. The molecule has 2 fully saturated rings. The van der Waals surface area contributed by atoms with Crippen LogP contribution in [0, 0.1) is 0 Å². The zero-order valence-corrected chi connectivity index (χ0v) is 16.7. The number of ether oxygens (including phenoxy) is 2. The van der Waals surface area contributed by atoms with E-state index in [1.54, 1.807) is 13.2 Å². The quantitative estimate of drug-likeness (QED) is 0.552. The molecule has 1 spiro atoms. The van der Waals surface area contributed by atoms with Gasteiger partial charge in [-0.05, 0) is 50.9 Å². The molecule has 8 nitrogen and oxygen atoms in total. The van der Waals surface area contributed by atoms with Gasteiger partial charge < -0.3 is 29.7 Å². The number of rotatable bonds is 5. The van der Waals surface area contributed by atoms with Gasteiger partial charge in [0.05, 0.1) is 17.6 Å². The van der Waals surface area contributed by atoms with E-state index in [1.165, 1.54) is 5.56 Å². The summed E-state index contributed by atoms with van der Waals surface area (Å²) in [5.41, 5.74) is 1.28. The fraction of sp³-hybridized carbons (Fsp3) is 0.667. The lowest BCUT2D eigenvalue weighted by molar-refractivity contribution is -0.204. The number of piperidine rings is 1. The number of phenolic OH excluding ortho intramolecular Hbond substituents is 1. The number of hydrogen-bond donors (Lipinski definition) is 4. The standard InChI is InChI=1S/C21H28N2O6/c1-23-8-7-20-16-11-3-4-14(25)17(16)29-18(20)12(22-13(10-24)19(26)27)5-6-21(20,28-2)15(23)9-11/h3-4,12-13,15,18,22,24-25H,5-10H2,1-2H3,(H,26,27)/t12-,13-,15?,18-,20?,21+/m0/s1. The molecule has 0 amide bonds. The molecule has 8 heteroatoms. The van der Waals surface area contributed by atoms with Crippen LogP contribution in [-0.4, -0.2) is 83.3 Å². The van der Waals surface area contributed by atoms with Crippen LogP contribution in [0.25, 0.3) is 0 Å². The lowest BCUT2D eigenvalue weighted by Gasteiger charge is -2.65. The number of aromatic hydroxyl groups is 1. The van der Waals surface area contributed by atoms with Crippen LogP contribution in [-0.2, 0) is 21.4 Å². The summed E-state index contributed by atoms with van der Waals surface area (Å²) in [4.78, 5) is 13.9. The van der Waals surface area contributed by atoms with E-state index >= 15 is 0 Å². The summed E-state index contributed by atoms with van der Waals surface area (Å²) >= 11 is 0. The first-order chi connectivity index (χ1) is 13.9. The van der Waals surface area contributed by atoms with Crippen LogP contribution in [0.3, 0.4) is 0 Å². The van der Waals surface area contributed by atoms with Crippen LogP contribution in [0.15, 0.2) is 12.1 Å². The monoisotopic (exact) mass is 404 g/mol. The lowest BCUT2D eigenvalue weighted by atomic mass is 9.48. The summed E-state index contributed by atoms with van der Waals surface area (Å²) in [5.74, 6) is -0.454. The molecule has 0 aromatic heterocycles. The molecule has 1 aromatic carbocycles. The zero-order valence-electron chi connectivity index (χ0n) is 16.7. The van der Waals surface area contributed by atoms with Crippen molar-refractivity contribution in [1.29, 1.82) is 0 Å². The van der Waals surface area contributed by atoms with E-state index in [-0.39, 0.29) is 23.9 Å². The second-order valence-corrected chi connectivity index (χ2v) is 8.89. The number of likely N-dealkylation sites (N-methyl/N-ethyl adjacent to an activating group) is 1. The first-order valence-electron chi connectivity index (χ1n) is 10.3. The molecule has 1 saturated carbocycles. The highest BCUT2D eigenvalue weighted by atomic mass is 16.5. The Balaban J connectivity index is 1.68. The van der Waals surface area contributed by atoms with Gasteiger partial charge in [0.1, 0.15) is 12.1 Å². The number of nitrogens with zero attached hydrogens (tertiary/aromatic N) is 1. The zero-order chi connectivity index (χ0) is 20.6. The van der Waals surface area contributed by atoms with Gasteiger partial charge in [-0.2, -0.15) is 0 Å². The first-order valence-corrected chi connectivity index (χ1v) is 10.3. The van der Waals surface area contributed by atoms with Crippen molar-refractivity contribution in [3.63, 3.8) is 0 Å². The average molecular weight is 404 g/mol.